The zero-order chi connectivity index (χ0) is 19.8. The van der Waals surface area contributed by atoms with E-state index in [1.807, 2.05) is 0 Å². The topological polar surface area (TPSA) is 88.9 Å². The molecule has 0 saturated heterocycles. The van der Waals surface area contributed by atoms with Crippen molar-refractivity contribution in [1.82, 2.24) is 14.8 Å². The van der Waals surface area contributed by atoms with Gasteiger partial charge in [-0.15, -0.1) is 5.10 Å². The fourth-order valence-electron chi connectivity index (χ4n) is 2.80. The molecular formula is C18H12Cl3N5O2. The van der Waals surface area contributed by atoms with Gasteiger partial charge in [0, 0.05) is 15.6 Å². The van der Waals surface area contributed by atoms with Crippen molar-refractivity contribution in [1.29, 1.82) is 0 Å². The first kappa shape index (κ1) is 18.7. The quantitative estimate of drug-likeness (QED) is 0.633. The van der Waals surface area contributed by atoms with Crippen LogP contribution < -0.4 is 10.6 Å². The van der Waals surface area contributed by atoms with Crippen molar-refractivity contribution in [2.24, 2.45) is 0 Å². The van der Waals surface area contributed by atoms with E-state index in [4.69, 9.17) is 34.8 Å². The van der Waals surface area contributed by atoms with Gasteiger partial charge in [-0.05, 0) is 42.5 Å². The van der Waals surface area contributed by atoms with Gasteiger partial charge in [-0.25, -0.2) is 4.68 Å². The Bertz CT molecular complexity index is 1080. The minimum atomic E-state index is -0.811. The number of nitrogens with one attached hydrogen (secondary N) is 2. The number of carbonyl (C=O) groups is 2. The number of benzene rings is 2. The molecular weight excluding hydrogens is 425 g/mol. The lowest BCUT2D eigenvalue weighted by Crippen LogP contribution is -2.23. The first-order valence-corrected chi connectivity index (χ1v) is 9.32. The van der Waals surface area contributed by atoms with Crippen molar-refractivity contribution in [3.8, 4) is 11.4 Å². The van der Waals surface area contributed by atoms with E-state index in [0.29, 0.717) is 26.6 Å². The third-order valence-corrected chi connectivity index (χ3v) is 4.95. The Morgan fingerprint density at radius 1 is 1.11 bits per heavy atom. The van der Waals surface area contributed by atoms with Gasteiger partial charge in [0.2, 0.25) is 11.9 Å². The predicted molar refractivity (Wildman–Crippen MR) is 108 cm³/mol. The second kappa shape index (κ2) is 7.43. The molecule has 0 saturated carbocycles. The van der Waals surface area contributed by atoms with Crippen molar-refractivity contribution < 1.29 is 9.59 Å². The zero-order valence-electron chi connectivity index (χ0n) is 14.1. The standard InChI is InChI=1S/C18H12Cl3N5O2/c19-10-3-1-9(2-4-10)16-23-18-24-17(28)14(26(18)25-16)8-15(27)22-13-6-5-11(20)7-12(13)21/h1-7,14H,8H2,(H,22,27)(H,23,24,25,28)/t14-/m1/s1. The van der Waals surface area contributed by atoms with Gasteiger partial charge in [-0.3, -0.25) is 14.9 Å². The lowest BCUT2D eigenvalue weighted by molar-refractivity contribution is -0.123. The second-order valence-corrected chi connectivity index (χ2v) is 7.37. The molecule has 2 amide bonds. The number of aromatic nitrogens is 3. The van der Waals surface area contributed by atoms with E-state index in [2.05, 4.69) is 20.7 Å². The number of carbonyl (C=O) groups excluding carboxylic acids is 2. The smallest absolute Gasteiger partial charge is 0.252 e. The Kier molecular flexibility index (Phi) is 4.97. The summed E-state index contributed by atoms with van der Waals surface area (Å²) in [4.78, 5) is 29.0. The molecule has 2 N–H and O–H groups in total. The fourth-order valence-corrected chi connectivity index (χ4v) is 3.38. The molecule has 0 radical (unpaired) electrons. The number of hydrogen-bond donors (Lipinski definition) is 2. The van der Waals surface area contributed by atoms with Gasteiger partial charge in [0.1, 0.15) is 6.04 Å². The average molecular weight is 437 g/mol. The molecule has 2 heterocycles. The number of amides is 2. The van der Waals surface area contributed by atoms with Crippen LogP contribution in [-0.4, -0.2) is 26.6 Å². The van der Waals surface area contributed by atoms with Crippen LogP contribution in [0.4, 0.5) is 11.6 Å². The zero-order valence-corrected chi connectivity index (χ0v) is 16.4. The Morgan fingerprint density at radius 2 is 1.82 bits per heavy atom. The molecule has 0 spiro atoms. The first-order chi connectivity index (χ1) is 13.4. The summed E-state index contributed by atoms with van der Waals surface area (Å²) in [5.41, 5.74) is 1.16. The van der Waals surface area contributed by atoms with Gasteiger partial charge in [0.05, 0.1) is 17.1 Å². The van der Waals surface area contributed by atoms with Crippen LogP contribution in [0.2, 0.25) is 15.1 Å². The summed E-state index contributed by atoms with van der Waals surface area (Å²) in [7, 11) is 0. The Balaban J connectivity index is 1.52. The molecule has 0 bridgehead atoms. The molecule has 1 atom stereocenters. The van der Waals surface area contributed by atoms with Crippen molar-refractivity contribution >= 4 is 58.3 Å². The highest BCUT2D eigenvalue weighted by Gasteiger charge is 2.35. The van der Waals surface area contributed by atoms with Crippen LogP contribution in [0.25, 0.3) is 11.4 Å². The number of anilines is 2. The van der Waals surface area contributed by atoms with Crippen molar-refractivity contribution in [3.63, 3.8) is 0 Å². The summed E-state index contributed by atoms with van der Waals surface area (Å²) in [6, 6.07) is 10.9. The molecule has 0 unspecified atom stereocenters. The van der Waals surface area contributed by atoms with Crippen molar-refractivity contribution in [2.75, 3.05) is 10.6 Å². The summed E-state index contributed by atoms with van der Waals surface area (Å²) in [5.74, 6) is -0.0223. The maximum absolute atomic E-state index is 12.4. The summed E-state index contributed by atoms with van der Waals surface area (Å²) in [6.45, 7) is 0. The highest BCUT2D eigenvalue weighted by atomic mass is 35.5. The number of rotatable bonds is 4. The van der Waals surface area contributed by atoms with E-state index >= 15 is 0 Å². The summed E-state index contributed by atoms with van der Waals surface area (Å²) >= 11 is 17.8. The molecule has 10 heteroatoms. The normalized spacial score (nSPS) is 15.2. The van der Waals surface area contributed by atoms with Crippen LogP contribution in [0.1, 0.15) is 12.5 Å². The molecule has 0 fully saturated rings. The van der Waals surface area contributed by atoms with Crippen LogP contribution in [0.3, 0.4) is 0 Å². The fraction of sp³-hybridized carbons (Fsp3) is 0.111. The second-order valence-electron chi connectivity index (χ2n) is 6.09. The van der Waals surface area contributed by atoms with Crippen LogP contribution in [0.5, 0.6) is 0 Å². The monoisotopic (exact) mass is 435 g/mol. The predicted octanol–water partition coefficient (Wildman–Crippen LogP) is 4.43. The highest BCUT2D eigenvalue weighted by Crippen LogP contribution is 2.30. The Morgan fingerprint density at radius 3 is 2.54 bits per heavy atom. The molecule has 1 aromatic heterocycles. The summed E-state index contributed by atoms with van der Waals surface area (Å²) < 4.78 is 1.41. The highest BCUT2D eigenvalue weighted by molar-refractivity contribution is 6.36. The van der Waals surface area contributed by atoms with E-state index in [1.165, 1.54) is 10.7 Å². The third kappa shape index (κ3) is 3.69. The minimum absolute atomic E-state index is 0.124. The third-order valence-electron chi connectivity index (χ3n) is 4.15. The van der Waals surface area contributed by atoms with E-state index in [-0.39, 0.29) is 24.2 Å². The van der Waals surface area contributed by atoms with Gasteiger partial charge >= 0.3 is 0 Å². The number of nitrogens with zero attached hydrogens (tertiary/aromatic N) is 3. The minimum Gasteiger partial charge on any atom is -0.325 e. The summed E-state index contributed by atoms with van der Waals surface area (Å²) in [5, 5.41) is 11.0. The maximum Gasteiger partial charge on any atom is 0.252 e. The van der Waals surface area contributed by atoms with E-state index in [1.54, 1.807) is 36.4 Å². The first-order valence-electron chi connectivity index (χ1n) is 8.19. The van der Waals surface area contributed by atoms with E-state index in [9.17, 15) is 9.59 Å². The average Bonchev–Trinajstić information content (AvgIpc) is 3.17. The molecule has 7 nitrogen and oxygen atoms in total. The molecule has 2 aromatic carbocycles. The van der Waals surface area contributed by atoms with Gasteiger partial charge in [0.25, 0.3) is 5.91 Å². The SMILES string of the molecule is O=C(C[C@@H]1C(=O)Nc2nc(-c3ccc(Cl)cc3)nn21)Nc1ccc(Cl)cc1Cl. The van der Waals surface area contributed by atoms with Crippen LogP contribution >= 0.6 is 34.8 Å². The van der Waals surface area contributed by atoms with E-state index in [0.717, 1.165) is 5.56 Å². The van der Waals surface area contributed by atoms with Crippen LogP contribution in [0, 0.1) is 0 Å². The molecule has 142 valence electrons. The molecule has 28 heavy (non-hydrogen) atoms. The molecule has 4 rings (SSSR count). The van der Waals surface area contributed by atoms with Gasteiger partial charge in [0.15, 0.2) is 5.82 Å². The molecule has 1 aliphatic rings. The van der Waals surface area contributed by atoms with Crippen LogP contribution in [-0.2, 0) is 9.59 Å². The lowest BCUT2D eigenvalue weighted by atomic mass is 10.2. The Labute approximate surface area is 174 Å². The maximum atomic E-state index is 12.4. The number of fused-ring (bicyclic) bond motifs is 1. The number of hydrogen-bond acceptors (Lipinski definition) is 4. The molecule has 1 aliphatic heterocycles. The largest absolute Gasteiger partial charge is 0.325 e. The van der Waals surface area contributed by atoms with Crippen molar-refractivity contribution in [2.45, 2.75) is 12.5 Å². The van der Waals surface area contributed by atoms with Gasteiger partial charge < -0.3 is 5.32 Å². The number of halogens is 3. The molecule has 0 aliphatic carbocycles. The summed E-state index contributed by atoms with van der Waals surface area (Å²) in [6.07, 6.45) is -0.124. The van der Waals surface area contributed by atoms with E-state index < -0.39 is 6.04 Å². The van der Waals surface area contributed by atoms with Gasteiger partial charge in [-0.1, -0.05) is 34.8 Å². The lowest BCUT2D eigenvalue weighted by Gasteiger charge is -2.11. The van der Waals surface area contributed by atoms with Crippen LogP contribution in [0.15, 0.2) is 42.5 Å². The van der Waals surface area contributed by atoms with Crippen molar-refractivity contribution in [3.05, 3.63) is 57.5 Å². The molecule has 3 aromatic rings. The van der Waals surface area contributed by atoms with Gasteiger partial charge in [-0.2, -0.15) is 4.98 Å². The Hall–Kier alpha value is -2.61.